The number of carbonyl (C=O) groups excluding carboxylic acids is 4. The van der Waals surface area contributed by atoms with Gasteiger partial charge in [0, 0.05) is 31.8 Å². The summed E-state index contributed by atoms with van der Waals surface area (Å²) in [5.41, 5.74) is -0.511. The van der Waals surface area contributed by atoms with Crippen molar-refractivity contribution in [3.8, 4) is 17.5 Å². The third-order valence-electron chi connectivity index (χ3n) is 10.2. The van der Waals surface area contributed by atoms with Gasteiger partial charge in [-0.15, -0.1) is 11.3 Å². The topological polar surface area (TPSA) is 167 Å². The van der Waals surface area contributed by atoms with Crippen molar-refractivity contribution in [2.24, 2.45) is 13.0 Å². The first kappa shape index (κ1) is 33.9. The summed E-state index contributed by atoms with van der Waals surface area (Å²) in [4.78, 5) is 70.0. The molecule has 7 rings (SSSR count). The van der Waals surface area contributed by atoms with Crippen molar-refractivity contribution in [1.29, 1.82) is 0 Å². The zero-order valence-corrected chi connectivity index (χ0v) is 29.2. The van der Waals surface area contributed by atoms with E-state index < -0.39 is 47.6 Å². The molecule has 0 unspecified atom stereocenters. The second-order valence-electron chi connectivity index (χ2n) is 13.7. The summed E-state index contributed by atoms with van der Waals surface area (Å²) >= 11 is 1.43. The molecule has 2 aliphatic heterocycles. The van der Waals surface area contributed by atoms with Gasteiger partial charge in [-0.1, -0.05) is 25.0 Å². The van der Waals surface area contributed by atoms with Crippen LogP contribution in [0.15, 0.2) is 36.0 Å². The number of rotatable bonds is 6. The van der Waals surface area contributed by atoms with Gasteiger partial charge in [0.15, 0.2) is 11.6 Å². The number of hydrogen-bond donors (Lipinski definition) is 2. The molecule has 2 aliphatic carbocycles. The fraction of sp³-hybridized carbons (Fsp3) is 0.571. The molecule has 5 heterocycles. The number of fused-ring (bicyclic) bond motifs is 3. The second-order valence-corrected chi connectivity index (χ2v) is 14.6. The number of ether oxygens (including phenoxy) is 3. The van der Waals surface area contributed by atoms with E-state index >= 15 is 0 Å². The lowest BCUT2D eigenvalue weighted by Gasteiger charge is -2.29. The number of hydrogen-bond acceptors (Lipinski definition) is 11. The SMILES string of the molecule is COC(=O)[C@@]12C[C@H]1/C=C\CCCCC[C@H](NC(=O)OC1CCCC1)C(=O)N1C[C@H](Oc3nc(-c4nccn4C)nc4ccsc34)C[C@H]1C(=O)N2. The fourth-order valence-electron chi connectivity index (χ4n) is 7.40. The zero-order valence-electron chi connectivity index (χ0n) is 28.3. The Balaban J connectivity index is 1.18. The highest BCUT2D eigenvalue weighted by Crippen LogP contribution is 2.46. The van der Waals surface area contributed by atoms with Crippen LogP contribution in [-0.2, 0) is 30.9 Å². The molecule has 1 saturated heterocycles. The van der Waals surface area contributed by atoms with Crippen molar-refractivity contribution in [3.63, 3.8) is 0 Å². The van der Waals surface area contributed by atoms with Crippen LogP contribution in [0.4, 0.5) is 4.79 Å². The van der Waals surface area contributed by atoms with Crippen molar-refractivity contribution < 1.29 is 33.4 Å². The van der Waals surface area contributed by atoms with E-state index in [-0.39, 0.29) is 25.0 Å². The number of aromatic nitrogens is 4. The Hall–Kier alpha value is -4.53. The van der Waals surface area contributed by atoms with Crippen molar-refractivity contribution in [1.82, 2.24) is 35.1 Å². The van der Waals surface area contributed by atoms with Gasteiger partial charge >= 0.3 is 12.1 Å². The van der Waals surface area contributed by atoms with Crippen LogP contribution in [0.1, 0.15) is 70.6 Å². The second kappa shape index (κ2) is 14.4. The van der Waals surface area contributed by atoms with Gasteiger partial charge in [0.2, 0.25) is 17.7 Å². The number of amides is 3. The zero-order chi connectivity index (χ0) is 34.8. The largest absolute Gasteiger partial charge is 0.471 e. The summed E-state index contributed by atoms with van der Waals surface area (Å²) in [6, 6.07) is -0.00121. The van der Waals surface area contributed by atoms with E-state index in [4.69, 9.17) is 19.2 Å². The van der Waals surface area contributed by atoms with Crippen molar-refractivity contribution in [3.05, 3.63) is 36.0 Å². The lowest BCUT2D eigenvalue weighted by atomic mass is 10.0. The predicted octanol–water partition coefficient (Wildman–Crippen LogP) is 4.05. The van der Waals surface area contributed by atoms with Gasteiger partial charge < -0.3 is 34.3 Å². The lowest BCUT2D eigenvalue weighted by Crippen LogP contribution is -2.56. The molecule has 5 atom stereocenters. The summed E-state index contributed by atoms with van der Waals surface area (Å²) in [7, 11) is 3.16. The Morgan fingerprint density at radius 2 is 1.90 bits per heavy atom. The number of carbonyl (C=O) groups is 4. The molecule has 4 aliphatic rings. The number of allylic oxidation sites excluding steroid dienone is 1. The van der Waals surface area contributed by atoms with Crippen molar-refractivity contribution in [2.45, 2.75) is 100 Å². The summed E-state index contributed by atoms with van der Waals surface area (Å²) in [5, 5.41) is 7.71. The molecule has 15 heteroatoms. The van der Waals surface area contributed by atoms with E-state index in [0.29, 0.717) is 42.3 Å². The molecule has 3 aromatic heterocycles. The van der Waals surface area contributed by atoms with Gasteiger partial charge in [0.25, 0.3) is 0 Å². The van der Waals surface area contributed by atoms with Crippen LogP contribution >= 0.6 is 11.3 Å². The minimum Gasteiger partial charge on any atom is -0.471 e. The van der Waals surface area contributed by atoms with Crippen LogP contribution < -0.4 is 15.4 Å². The van der Waals surface area contributed by atoms with Gasteiger partial charge in [-0.05, 0) is 62.8 Å². The Morgan fingerprint density at radius 3 is 2.68 bits per heavy atom. The summed E-state index contributed by atoms with van der Waals surface area (Å²) in [5.74, 6) is -0.328. The maximum Gasteiger partial charge on any atom is 0.408 e. The van der Waals surface area contributed by atoms with Gasteiger partial charge in [-0.25, -0.2) is 19.6 Å². The molecular weight excluding hydrogens is 662 g/mol. The maximum absolute atomic E-state index is 14.4. The van der Waals surface area contributed by atoms with Crippen LogP contribution in [-0.4, -0.2) is 91.8 Å². The van der Waals surface area contributed by atoms with E-state index in [1.807, 2.05) is 35.2 Å². The number of esters is 1. The number of nitrogens with one attached hydrogen (secondary N) is 2. The molecule has 2 N–H and O–H groups in total. The highest BCUT2D eigenvalue weighted by molar-refractivity contribution is 7.17. The maximum atomic E-state index is 14.4. The van der Waals surface area contributed by atoms with Gasteiger partial charge in [-0.3, -0.25) is 9.59 Å². The van der Waals surface area contributed by atoms with Gasteiger partial charge in [0.1, 0.15) is 34.5 Å². The van der Waals surface area contributed by atoms with E-state index in [9.17, 15) is 19.2 Å². The van der Waals surface area contributed by atoms with Crippen LogP contribution in [0.2, 0.25) is 0 Å². The first-order valence-corrected chi connectivity index (χ1v) is 18.4. The first-order chi connectivity index (χ1) is 24.3. The summed E-state index contributed by atoms with van der Waals surface area (Å²) < 4.78 is 19.9. The van der Waals surface area contributed by atoms with E-state index in [1.165, 1.54) is 23.3 Å². The average molecular weight is 706 g/mol. The number of imidazole rings is 1. The highest BCUT2D eigenvalue weighted by atomic mass is 32.1. The van der Waals surface area contributed by atoms with E-state index in [2.05, 4.69) is 20.6 Å². The Labute approximate surface area is 294 Å². The normalized spacial score (nSPS) is 28.2. The number of nitrogens with zero attached hydrogens (tertiary/aromatic N) is 5. The fourth-order valence-corrected chi connectivity index (χ4v) is 8.17. The van der Waals surface area contributed by atoms with Gasteiger partial charge in [0.05, 0.1) is 19.2 Å². The molecular formula is C35H43N7O7S. The molecule has 0 radical (unpaired) electrons. The minimum absolute atomic E-state index is 0.0654. The molecule has 3 aromatic rings. The first-order valence-electron chi connectivity index (χ1n) is 17.5. The summed E-state index contributed by atoms with van der Waals surface area (Å²) in [6.45, 7) is 0.0654. The van der Waals surface area contributed by atoms with Crippen LogP contribution in [0.25, 0.3) is 21.9 Å². The van der Waals surface area contributed by atoms with Crippen LogP contribution in [0, 0.1) is 5.92 Å². The molecule has 3 fully saturated rings. The molecule has 0 spiro atoms. The molecule has 0 aromatic carbocycles. The molecule has 2 saturated carbocycles. The molecule has 14 nitrogen and oxygen atoms in total. The van der Waals surface area contributed by atoms with E-state index in [0.717, 1.165) is 49.6 Å². The smallest absolute Gasteiger partial charge is 0.408 e. The lowest BCUT2D eigenvalue weighted by molar-refractivity contribution is -0.148. The predicted molar refractivity (Wildman–Crippen MR) is 183 cm³/mol. The number of thiophene rings is 1. The molecule has 0 bridgehead atoms. The van der Waals surface area contributed by atoms with Crippen molar-refractivity contribution in [2.75, 3.05) is 13.7 Å². The number of alkyl carbamates (subject to hydrolysis) is 1. The third-order valence-corrected chi connectivity index (χ3v) is 11.1. The Bertz CT molecular complexity index is 1790. The van der Waals surface area contributed by atoms with Crippen LogP contribution in [0.3, 0.4) is 0 Å². The quantitative estimate of drug-likeness (QED) is 0.282. The Kier molecular flexibility index (Phi) is 9.76. The van der Waals surface area contributed by atoms with Crippen LogP contribution in [0.5, 0.6) is 5.88 Å². The third kappa shape index (κ3) is 6.92. The number of methoxy groups -OCH3 is 1. The van der Waals surface area contributed by atoms with Crippen molar-refractivity contribution >= 4 is 45.4 Å². The Morgan fingerprint density at radius 1 is 1.08 bits per heavy atom. The molecule has 50 heavy (non-hydrogen) atoms. The minimum atomic E-state index is -1.20. The monoisotopic (exact) mass is 705 g/mol. The molecule has 3 amide bonds. The van der Waals surface area contributed by atoms with Gasteiger partial charge in [-0.2, -0.15) is 4.98 Å². The number of aryl methyl sites for hydroxylation is 1. The molecule has 266 valence electrons. The standard InChI is InChI=1S/C35H43N7O7S/c1-41-16-15-36-29(41)28-37-24-14-17-50-27(24)31(39-28)48-23-18-26-30(43)40-35(33(45)47-2)19-21(35)10-6-4-3-5-7-13-25(32(44)42(26)20-23)38-34(46)49-22-11-8-9-12-22/h6,10,14-17,21-23,25-26H,3-5,7-9,11-13,18-20H2,1-2H3,(H,38,46)(H,40,43)/b10-6-/t21-,23-,25+,26+,35-/m1/s1. The summed E-state index contributed by atoms with van der Waals surface area (Å²) in [6.07, 6.45) is 13.8. The highest BCUT2D eigenvalue weighted by Gasteiger charge is 2.62. The van der Waals surface area contributed by atoms with E-state index in [1.54, 1.807) is 12.4 Å². The average Bonchev–Trinajstić information content (AvgIpc) is 3.71.